The van der Waals surface area contributed by atoms with Crippen LogP contribution in [0, 0.1) is 27.7 Å². The molecule has 0 radical (unpaired) electrons. The summed E-state index contributed by atoms with van der Waals surface area (Å²) in [5.41, 5.74) is 10.5. The number of primary amides is 1. The summed E-state index contributed by atoms with van der Waals surface area (Å²) in [5.74, 6) is 0.306. The third-order valence-corrected chi connectivity index (χ3v) is 4.81. The number of nitrogens with zero attached hydrogens (tertiary/aromatic N) is 4. The van der Waals surface area contributed by atoms with E-state index in [4.69, 9.17) is 5.73 Å². The highest BCUT2D eigenvalue weighted by molar-refractivity contribution is 5.89. The van der Waals surface area contributed by atoms with Crippen LogP contribution < -0.4 is 16.0 Å². The number of anilines is 1. The van der Waals surface area contributed by atoms with Crippen LogP contribution in [0.5, 0.6) is 0 Å². The number of amides is 1. The van der Waals surface area contributed by atoms with Crippen molar-refractivity contribution in [3.63, 3.8) is 0 Å². The van der Waals surface area contributed by atoms with Crippen LogP contribution in [0.3, 0.4) is 0 Å². The molecule has 7 heteroatoms. The summed E-state index contributed by atoms with van der Waals surface area (Å²) < 4.78 is 0. The van der Waals surface area contributed by atoms with Crippen molar-refractivity contribution in [3.05, 3.63) is 46.2 Å². The Labute approximate surface area is 154 Å². The fourth-order valence-electron chi connectivity index (χ4n) is 3.44. The number of carbonyl (C=O) groups is 1. The molecule has 2 aromatic heterocycles. The molecular weight excluding hydrogens is 328 g/mol. The Hall–Kier alpha value is -2.54. The molecule has 1 aliphatic rings. The van der Waals surface area contributed by atoms with Gasteiger partial charge in [-0.25, -0.2) is 9.97 Å². The molecular formula is C19H26N6O. The van der Waals surface area contributed by atoms with E-state index >= 15 is 0 Å². The number of aryl methyl sites for hydroxylation is 3. The maximum absolute atomic E-state index is 11.5. The van der Waals surface area contributed by atoms with Crippen LogP contribution in [0.1, 0.15) is 45.2 Å². The second-order valence-electron chi connectivity index (χ2n) is 7.02. The molecule has 7 nitrogen and oxygen atoms in total. The lowest BCUT2D eigenvalue weighted by Gasteiger charge is -2.21. The van der Waals surface area contributed by atoms with Crippen LogP contribution in [-0.4, -0.2) is 40.0 Å². The predicted molar refractivity (Wildman–Crippen MR) is 101 cm³/mol. The summed E-state index contributed by atoms with van der Waals surface area (Å²) in [7, 11) is 0. The number of nitrogens with one attached hydrogen (secondary N) is 1. The fraction of sp³-hybridized carbons (Fsp3) is 0.474. The Morgan fingerprint density at radius 2 is 1.88 bits per heavy atom. The van der Waals surface area contributed by atoms with Gasteiger partial charge in [-0.1, -0.05) is 0 Å². The molecule has 0 aliphatic carbocycles. The van der Waals surface area contributed by atoms with Gasteiger partial charge in [-0.2, -0.15) is 0 Å². The molecule has 3 heterocycles. The topological polar surface area (TPSA) is 97.0 Å². The first-order valence-corrected chi connectivity index (χ1v) is 8.91. The Morgan fingerprint density at radius 1 is 1.19 bits per heavy atom. The smallest absolute Gasteiger partial charge is 0.286 e. The molecule has 138 valence electrons. The first kappa shape index (κ1) is 18.3. The second kappa shape index (κ2) is 7.37. The summed E-state index contributed by atoms with van der Waals surface area (Å²) in [6.45, 7) is 10.5. The zero-order chi connectivity index (χ0) is 18.8. The van der Waals surface area contributed by atoms with Gasteiger partial charge in [0.25, 0.3) is 5.91 Å². The molecule has 3 rings (SSSR count). The first-order chi connectivity index (χ1) is 12.3. The van der Waals surface area contributed by atoms with E-state index < -0.39 is 5.91 Å². The van der Waals surface area contributed by atoms with Gasteiger partial charge in [-0.3, -0.25) is 9.78 Å². The Bertz CT molecular complexity index is 815. The van der Waals surface area contributed by atoms with Gasteiger partial charge in [0.15, 0.2) is 0 Å². The van der Waals surface area contributed by atoms with E-state index in [1.165, 1.54) is 5.56 Å². The van der Waals surface area contributed by atoms with Crippen molar-refractivity contribution in [2.75, 3.05) is 18.0 Å². The van der Waals surface area contributed by atoms with Gasteiger partial charge >= 0.3 is 0 Å². The maximum atomic E-state index is 11.5. The van der Waals surface area contributed by atoms with Crippen LogP contribution in [0.2, 0.25) is 0 Å². The lowest BCUT2D eigenvalue weighted by Crippen LogP contribution is -2.33. The number of rotatable bonds is 5. The minimum atomic E-state index is -0.591. The van der Waals surface area contributed by atoms with Gasteiger partial charge in [0, 0.05) is 48.3 Å². The van der Waals surface area contributed by atoms with E-state index in [0.29, 0.717) is 6.04 Å². The lowest BCUT2D eigenvalue weighted by atomic mass is 10.2. The molecule has 1 fully saturated rings. The van der Waals surface area contributed by atoms with Gasteiger partial charge in [0.2, 0.25) is 5.82 Å². The molecule has 3 N–H and O–H groups in total. The van der Waals surface area contributed by atoms with E-state index in [0.717, 1.165) is 54.5 Å². The van der Waals surface area contributed by atoms with Gasteiger partial charge in [0.1, 0.15) is 5.82 Å². The number of carbonyl (C=O) groups excluding carboxylic acids is 1. The Morgan fingerprint density at radius 3 is 2.54 bits per heavy atom. The lowest BCUT2D eigenvalue weighted by molar-refractivity contribution is 0.0990. The number of aromatic nitrogens is 3. The number of hydrogen-bond acceptors (Lipinski definition) is 6. The quantitative estimate of drug-likeness (QED) is 0.846. The SMILES string of the molecule is Cc1cc(CN[C@@H]2CCN(c3nc(C(N)=O)nc(C)c3C)C2)cc(C)n1. The molecule has 0 spiro atoms. The molecule has 0 aromatic carbocycles. The normalized spacial score (nSPS) is 16.9. The van der Waals surface area contributed by atoms with Crippen molar-refractivity contribution < 1.29 is 4.79 Å². The van der Waals surface area contributed by atoms with Crippen LogP contribution in [0.15, 0.2) is 12.1 Å². The van der Waals surface area contributed by atoms with Crippen LogP contribution >= 0.6 is 0 Å². The summed E-state index contributed by atoms with van der Waals surface area (Å²) in [5, 5.41) is 3.62. The predicted octanol–water partition coefficient (Wildman–Crippen LogP) is 1.57. The van der Waals surface area contributed by atoms with E-state index in [-0.39, 0.29) is 5.82 Å². The summed E-state index contributed by atoms with van der Waals surface area (Å²) >= 11 is 0. The number of nitrogens with two attached hydrogens (primary N) is 1. The van der Waals surface area contributed by atoms with Crippen molar-refractivity contribution in [2.45, 2.75) is 46.7 Å². The van der Waals surface area contributed by atoms with Crippen molar-refractivity contribution in [1.82, 2.24) is 20.3 Å². The molecule has 1 amide bonds. The Kier molecular flexibility index (Phi) is 5.18. The number of pyridine rings is 1. The molecule has 26 heavy (non-hydrogen) atoms. The highest BCUT2D eigenvalue weighted by Crippen LogP contribution is 2.24. The van der Waals surface area contributed by atoms with Crippen LogP contribution in [-0.2, 0) is 6.54 Å². The summed E-state index contributed by atoms with van der Waals surface area (Å²) in [6, 6.07) is 4.60. The van der Waals surface area contributed by atoms with Gasteiger partial charge in [0.05, 0.1) is 0 Å². The zero-order valence-electron chi connectivity index (χ0n) is 15.8. The fourth-order valence-corrected chi connectivity index (χ4v) is 3.44. The molecule has 1 aliphatic heterocycles. The number of hydrogen-bond donors (Lipinski definition) is 2. The summed E-state index contributed by atoms with van der Waals surface area (Å²) in [4.78, 5) is 26.7. The molecule has 0 bridgehead atoms. The monoisotopic (exact) mass is 354 g/mol. The van der Waals surface area contributed by atoms with Crippen molar-refractivity contribution in [3.8, 4) is 0 Å². The Balaban J connectivity index is 1.68. The minimum absolute atomic E-state index is 0.0854. The third-order valence-electron chi connectivity index (χ3n) is 4.81. The molecule has 1 atom stereocenters. The summed E-state index contributed by atoms with van der Waals surface area (Å²) in [6.07, 6.45) is 1.03. The molecule has 0 unspecified atom stereocenters. The van der Waals surface area contributed by atoms with Crippen LogP contribution in [0.4, 0.5) is 5.82 Å². The van der Waals surface area contributed by atoms with E-state index in [2.05, 4.69) is 37.3 Å². The molecule has 1 saturated heterocycles. The van der Waals surface area contributed by atoms with Crippen LogP contribution in [0.25, 0.3) is 0 Å². The average Bonchev–Trinajstić information content (AvgIpc) is 3.03. The van der Waals surface area contributed by atoms with Crippen molar-refractivity contribution >= 4 is 11.7 Å². The van der Waals surface area contributed by atoms with Gasteiger partial charge in [-0.15, -0.1) is 0 Å². The van der Waals surface area contributed by atoms with Gasteiger partial charge in [-0.05, 0) is 51.8 Å². The van der Waals surface area contributed by atoms with E-state index in [9.17, 15) is 4.79 Å². The van der Waals surface area contributed by atoms with Crippen molar-refractivity contribution in [1.29, 1.82) is 0 Å². The van der Waals surface area contributed by atoms with E-state index in [1.807, 2.05) is 27.7 Å². The third kappa shape index (κ3) is 3.99. The van der Waals surface area contributed by atoms with E-state index in [1.54, 1.807) is 0 Å². The largest absolute Gasteiger partial charge is 0.363 e. The zero-order valence-corrected chi connectivity index (χ0v) is 15.8. The first-order valence-electron chi connectivity index (χ1n) is 8.91. The minimum Gasteiger partial charge on any atom is -0.363 e. The van der Waals surface area contributed by atoms with Gasteiger partial charge < -0.3 is 16.0 Å². The molecule has 2 aromatic rings. The second-order valence-corrected chi connectivity index (χ2v) is 7.02. The van der Waals surface area contributed by atoms with Crippen molar-refractivity contribution in [2.24, 2.45) is 5.73 Å². The maximum Gasteiger partial charge on any atom is 0.286 e. The highest BCUT2D eigenvalue weighted by atomic mass is 16.1. The molecule has 0 saturated carbocycles. The highest BCUT2D eigenvalue weighted by Gasteiger charge is 2.26. The average molecular weight is 354 g/mol. The standard InChI is InChI=1S/C19H26N6O/c1-11-7-15(8-12(2)22-11)9-21-16-5-6-25(10-16)19-13(3)14(4)23-18(24-19)17(20)26/h7-8,16,21H,5-6,9-10H2,1-4H3,(H2,20,26)/t16-/m1/s1.